The normalized spacial score (nSPS) is 10.7. The molecule has 1 aromatic carbocycles. The third-order valence-electron chi connectivity index (χ3n) is 3.46. The summed E-state index contributed by atoms with van der Waals surface area (Å²) < 4.78 is 1.76. The first-order valence-corrected chi connectivity index (χ1v) is 6.68. The first kappa shape index (κ1) is 13.5. The molecule has 2 aromatic rings. The molecule has 0 aliphatic heterocycles. The van der Waals surface area contributed by atoms with Gasteiger partial charge in [0.05, 0.1) is 11.3 Å². The molecular weight excluding hydrogens is 236 g/mol. The van der Waals surface area contributed by atoms with Crippen molar-refractivity contribution >= 4 is 5.78 Å². The van der Waals surface area contributed by atoms with Gasteiger partial charge in [0.15, 0.2) is 5.78 Å². The molecule has 0 saturated heterocycles. The standard InChI is InChI=1S/C16H20N2O/c1-5-7-13-8-6-9-14(10-13)16(19)15-11(2)17-18(4)12(15)3/h6,8-10H,5,7H2,1-4H3. The van der Waals surface area contributed by atoms with E-state index in [-0.39, 0.29) is 5.78 Å². The first-order chi connectivity index (χ1) is 9.04. The number of aromatic nitrogens is 2. The Morgan fingerprint density at radius 2 is 2.05 bits per heavy atom. The van der Waals surface area contributed by atoms with Crippen molar-refractivity contribution in [3.05, 3.63) is 52.3 Å². The van der Waals surface area contributed by atoms with Gasteiger partial charge in [0.1, 0.15) is 0 Å². The number of hydrogen-bond donors (Lipinski definition) is 0. The SMILES string of the molecule is CCCc1cccc(C(=O)c2c(C)nn(C)c2C)c1. The number of carbonyl (C=O) groups is 1. The molecule has 0 atom stereocenters. The van der Waals surface area contributed by atoms with E-state index in [1.165, 1.54) is 5.56 Å². The van der Waals surface area contributed by atoms with Gasteiger partial charge in [0.2, 0.25) is 0 Å². The highest BCUT2D eigenvalue weighted by Crippen LogP contribution is 2.18. The van der Waals surface area contributed by atoms with Crippen molar-refractivity contribution in [2.45, 2.75) is 33.6 Å². The summed E-state index contributed by atoms with van der Waals surface area (Å²) >= 11 is 0. The predicted octanol–water partition coefficient (Wildman–Crippen LogP) is 3.22. The lowest BCUT2D eigenvalue weighted by molar-refractivity contribution is 0.103. The number of carbonyl (C=O) groups excluding carboxylic acids is 1. The van der Waals surface area contributed by atoms with E-state index in [2.05, 4.69) is 18.1 Å². The fourth-order valence-electron chi connectivity index (χ4n) is 2.40. The molecule has 0 spiro atoms. The number of benzene rings is 1. The van der Waals surface area contributed by atoms with Crippen LogP contribution in [0.5, 0.6) is 0 Å². The van der Waals surface area contributed by atoms with Crippen molar-refractivity contribution in [2.24, 2.45) is 7.05 Å². The van der Waals surface area contributed by atoms with Gasteiger partial charge in [-0.1, -0.05) is 31.5 Å². The maximum Gasteiger partial charge on any atom is 0.196 e. The Labute approximate surface area is 114 Å². The monoisotopic (exact) mass is 256 g/mol. The summed E-state index contributed by atoms with van der Waals surface area (Å²) in [6.07, 6.45) is 2.09. The van der Waals surface area contributed by atoms with Gasteiger partial charge in [0, 0.05) is 18.3 Å². The average Bonchev–Trinajstić information content (AvgIpc) is 2.63. The zero-order valence-electron chi connectivity index (χ0n) is 12.0. The quantitative estimate of drug-likeness (QED) is 0.787. The summed E-state index contributed by atoms with van der Waals surface area (Å²) in [6.45, 7) is 5.96. The summed E-state index contributed by atoms with van der Waals surface area (Å²) in [6, 6.07) is 7.91. The Bertz CT molecular complexity index is 611. The third-order valence-corrected chi connectivity index (χ3v) is 3.46. The van der Waals surface area contributed by atoms with E-state index in [1.807, 2.05) is 39.1 Å². The molecule has 0 saturated carbocycles. The van der Waals surface area contributed by atoms with Crippen LogP contribution in [0, 0.1) is 13.8 Å². The van der Waals surface area contributed by atoms with E-state index in [0.29, 0.717) is 0 Å². The lowest BCUT2D eigenvalue weighted by atomic mass is 9.99. The van der Waals surface area contributed by atoms with Crippen LogP contribution in [0.15, 0.2) is 24.3 Å². The number of aryl methyl sites for hydroxylation is 3. The van der Waals surface area contributed by atoms with Crippen molar-refractivity contribution < 1.29 is 4.79 Å². The van der Waals surface area contributed by atoms with Crippen LogP contribution >= 0.6 is 0 Å². The minimum atomic E-state index is 0.0704. The smallest absolute Gasteiger partial charge is 0.196 e. The molecule has 0 fully saturated rings. The first-order valence-electron chi connectivity index (χ1n) is 6.68. The van der Waals surface area contributed by atoms with Crippen molar-refractivity contribution in [3.8, 4) is 0 Å². The van der Waals surface area contributed by atoms with Gasteiger partial charge in [0.25, 0.3) is 0 Å². The number of nitrogens with zero attached hydrogens (tertiary/aromatic N) is 2. The zero-order valence-corrected chi connectivity index (χ0v) is 12.0. The van der Waals surface area contributed by atoms with Crippen LogP contribution in [0.4, 0.5) is 0 Å². The Balaban J connectivity index is 2.41. The number of rotatable bonds is 4. The second-order valence-electron chi connectivity index (χ2n) is 4.95. The van der Waals surface area contributed by atoms with Crippen LogP contribution in [0.3, 0.4) is 0 Å². The van der Waals surface area contributed by atoms with Gasteiger partial charge >= 0.3 is 0 Å². The van der Waals surface area contributed by atoms with Gasteiger partial charge in [-0.25, -0.2) is 0 Å². The summed E-state index contributed by atoms with van der Waals surface area (Å²) in [7, 11) is 1.87. The topological polar surface area (TPSA) is 34.9 Å². The van der Waals surface area contributed by atoms with E-state index >= 15 is 0 Å². The van der Waals surface area contributed by atoms with E-state index in [4.69, 9.17) is 0 Å². The van der Waals surface area contributed by atoms with E-state index in [1.54, 1.807) is 4.68 Å². The Morgan fingerprint density at radius 1 is 1.32 bits per heavy atom. The molecule has 0 bridgehead atoms. The van der Waals surface area contributed by atoms with Crippen LogP contribution < -0.4 is 0 Å². The zero-order chi connectivity index (χ0) is 14.0. The fourth-order valence-corrected chi connectivity index (χ4v) is 2.40. The van der Waals surface area contributed by atoms with Gasteiger partial charge in [-0.3, -0.25) is 9.48 Å². The molecule has 2 rings (SSSR count). The van der Waals surface area contributed by atoms with Crippen LogP contribution in [0.1, 0.15) is 46.2 Å². The summed E-state index contributed by atoms with van der Waals surface area (Å²) in [5, 5.41) is 4.31. The predicted molar refractivity (Wildman–Crippen MR) is 76.6 cm³/mol. The molecule has 0 unspecified atom stereocenters. The molecule has 19 heavy (non-hydrogen) atoms. The number of hydrogen-bond acceptors (Lipinski definition) is 2. The Morgan fingerprint density at radius 3 is 2.63 bits per heavy atom. The van der Waals surface area contributed by atoms with Crippen molar-refractivity contribution in [1.29, 1.82) is 0 Å². The van der Waals surface area contributed by atoms with E-state index in [9.17, 15) is 4.79 Å². The van der Waals surface area contributed by atoms with Crippen molar-refractivity contribution in [3.63, 3.8) is 0 Å². The fraction of sp³-hybridized carbons (Fsp3) is 0.375. The maximum atomic E-state index is 12.6. The van der Waals surface area contributed by atoms with Crippen LogP contribution in [0.2, 0.25) is 0 Å². The highest BCUT2D eigenvalue weighted by molar-refractivity contribution is 6.10. The second-order valence-corrected chi connectivity index (χ2v) is 4.95. The van der Waals surface area contributed by atoms with Crippen LogP contribution in [-0.2, 0) is 13.5 Å². The average molecular weight is 256 g/mol. The molecule has 0 N–H and O–H groups in total. The molecule has 0 amide bonds. The Hall–Kier alpha value is -1.90. The largest absolute Gasteiger partial charge is 0.288 e. The molecule has 0 aliphatic rings. The molecule has 3 nitrogen and oxygen atoms in total. The van der Waals surface area contributed by atoms with Gasteiger partial charge in [-0.05, 0) is 31.9 Å². The van der Waals surface area contributed by atoms with Gasteiger partial charge in [-0.2, -0.15) is 5.10 Å². The second kappa shape index (κ2) is 5.39. The minimum absolute atomic E-state index is 0.0704. The lowest BCUT2D eigenvalue weighted by Gasteiger charge is -2.04. The Kier molecular flexibility index (Phi) is 3.84. The molecular formula is C16H20N2O. The highest BCUT2D eigenvalue weighted by atomic mass is 16.1. The van der Waals surface area contributed by atoms with Gasteiger partial charge < -0.3 is 0 Å². The van der Waals surface area contributed by atoms with Crippen molar-refractivity contribution in [1.82, 2.24) is 9.78 Å². The van der Waals surface area contributed by atoms with Crippen molar-refractivity contribution in [2.75, 3.05) is 0 Å². The highest BCUT2D eigenvalue weighted by Gasteiger charge is 2.18. The van der Waals surface area contributed by atoms with E-state index < -0.39 is 0 Å². The molecule has 0 aliphatic carbocycles. The molecule has 1 aromatic heterocycles. The lowest BCUT2D eigenvalue weighted by Crippen LogP contribution is -2.05. The summed E-state index contributed by atoms with van der Waals surface area (Å²) in [4.78, 5) is 12.6. The van der Waals surface area contributed by atoms with Crippen LogP contribution in [-0.4, -0.2) is 15.6 Å². The number of ketones is 1. The van der Waals surface area contributed by atoms with Gasteiger partial charge in [-0.15, -0.1) is 0 Å². The molecule has 1 heterocycles. The summed E-state index contributed by atoms with van der Waals surface area (Å²) in [5.74, 6) is 0.0704. The molecule has 0 radical (unpaired) electrons. The summed E-state index contributed by atoms with van der Waals surface area (Å²) in [5.41, 5.74) is 4.42. The molecule has 3 heteroatoms. The maximum absolute atomic E-state index is 12.6. The minimum Gasteiger partial charge on any atom is -0.288 e. The molecule has 100 valence electrons. The van der Waals surface area contributed by atoms with Crippen LogP contribution in [0.25, 0.3) is 0 Å². The third kappa shape index (κ3) is 2.60. The van der Waals surface area contributed by atoms with E-state index in [0.717, 1.165) is 35.4 Å².